The molecule has 18 heteroatoms. The fraction of sp³-hybridized carbons (Fsp3) is 0.431. The summed E-state index contributed by atoms with van der Waals surface area (Å²) in [5.41, 5.74) is 7.36. The number of rotatable bonds is 15. The lowest BCUT2D eigenvalue weighted by Crippen LogP contribution is -2.49. The number of carbonyl (C=O) groups is 4. The number of fused-ring (bicyclic) bond motifs is 2. The highest BCUT2D eigenvalue weighted by Gasteiger charge is 2.50. The molecular formula is C51H58ClF2N9O6. The molecule has 69 heavy (non-hydrogen) atoms. The third kappa shape index (κ3) is 9.31. The van der Waals surface area contributed by atoms with Crippen LogP contribution < -0.4 is 41.4 Å². The van der Waals surface area contributed by atoms with Gasteiger partial charge >= 0.3 is 6.03 Å². The highest BCUT2D eigenvalue weighted by molar-refractivity contribution is 6.34. The average molecular weight is 967 g/mol. The second-order valence-electron chi connectivity index (χ2n) is 18.6. The maximum atomic E-state index is 16.2. The number of carbonyl (C=O) groups excluding carboxylic acids is 4. The highest BCUT2D eigenvalue weighted by atomic mass is 35.5. The first-order chi connectivity index (χ1) is 33.3. The van der Waals surface area contributed by atoms with Crippen LogP contribution in [0.5, 0.6) is 11.5 Å². The van der Waals surface area contributed by atoms with Crippen LogP contribution in [-0.2, 0) is 22.2 Å². The Morgan fingerprint density at radius 1 is 0.971 bits per heavy atom. The minimum absolute atomic E-state index is 0.00836. The number of nitrogens with two attached hydrogens (primary N) is 1. The Morgan fingerprint density at radius 3 is 2.43 bits per heavy atom. The molecule has 4 heterocycles. The fourth-order valence-electron chi connectivity index (χ4n) is 10.8. The molecule has 1 aliphatic carbocycles. The first-order valence-electron chi connectivity index (χ1n) is 23.8. The van der Waals surface area contributed by atoms with E-state index in [0.29, 0.717) is 24.5 Å². The molecule has 1 aromatic heterocycles. The molecule has 2 atom stereocenters. The zero-order chi connectivity index (χ0) is 48.6. The van der Waals surface area contributed by atoms with E-state index >= 15 is 8.78 Å². The Kier molecular flexibility index (Phi) is 13.8. The molecule has 0 bridgehead atoms. The summed E-state index contributed by atoms with van der Waals surface area (Å²) in [6, 6.07) is 19.3. The van der Waals surface area contributed by atoms with E-state index in [1.54, 1.807) is 4.68 Å². The molecule has 2 unspecified atom stereocenters. The molecule has 3 aliphatic heterocycles. The number of ether oxygens (including phenoxy) is 2. The SMILES string of the molecule is COc1ccc(C(N)=O)c(-c2c(Cl)c(F)cc3c2C(C)C(CNC2CCC(C(=O)NCCCN4CCC(Nc5cccc6c(N7CCC(=O)NC7=O)nn(C)c56)CC4)CC2)(c2ccccc2)O3)c1F. The summed E-state index contributed by atoms with van der Waals surface area (Å²) in [4.78, 5) is 54.3. The molecule has 4 aliphatic rings. The van der Waals surface area contributed by atoms with Gasteiger partial charge in [-0.25, -0.2) is 13.6 Å². The molecule has 4 aromatic carbocycles. The predicted molar refractivity (Wildman–Crippen MR) is 260 cm³/mol. The molecule has 6 N–H and O–H groups in total. The predicted octanol–water partition coefficient (Wildman–Crippen LogP) is 7.35. The van der Waals surface area contributed by atoms with Gasteiger partial charge in [0.05, 0.1) is 28.9 Å². The number of piperidine rings is 1. The highest BCUT2D eigenvalue weighted by Crippen LogP contribution is 2.56. The van der Waals surface area contributed by atoms with Gasteiger partial charge < -0.3 is 36.1 Å². The van der Waals surface area contributed by atoms with E-state index < -0.39 is 35.1 Å². The largest absolute Gasteiger partial charge is 0.494 e. The average Bonchev–Trinajstić information content (AvgIpc) is 3.83. The van der Waals surface area contributed by atoms with Gasteiger partial charge in [0.25, 0.3) is 0 Å². The van der Waals surface area contributed by atoms with Crippen LogP contribution in [0, 0.1) is 17.6 Å². The Balaban J connectivity index is 0.764. The van der Waals surface area contributed by atoms with Gasteiger partial charge in [0.15, 0.2) is 23.0 Å². The minimum atomic E-state index is -1.07. The summed E-state index contributed by atoms with van der Waals surface area (Å²) in [6.07, 6.45) is 5.97. The molecule has 3 fully saturated rings. The molecule has 5 amide bonds. The number of imide groups is 1. The van der Waals surface area contributed by atoms with Crippen LogP contribution in [0.25, 0.3) is 22.0 Å². The van der Waals surface area contributed by atoms with Crippen molar-refractivity contribution in [3.05, 3.63) is 100 Å². The van der Waals surface area contributed by atoms with Crippen molar-refractivity contribution in [2.24, 2.45) is 18.7 Å². The van der Waals surface area contributed by atoms with Crippen molar-refractivity contribution in [1.82, 2.24) is 30.6 Å². The summed E-state index contributed by atoms with van der Waals surface area (Å²) in [6.45, 7) is 5.88. The minimum Gasteiger partial charge on any atom is -0.494 e. The van der Waals surface area contributed by atoms with Gasteiger partial charge in [-0.05, 0) is 81.3 Å². The fourth-order valence-corrected chi connectivity index (χ4v) is 11.1. The number of aryl methyl sites for hydroxylation is 1. The summed E-state index contributed by atoms with van der Waals surface area (Å²) in [5.74, 6) is -2.87. The molecule has 364 valence electrons. The van der Waals surface area contributed by atoms with Crippen molar-refractivity contribution in [2.75, 3.05) is 56.6 Å². The van der Waals surface area contributed by atoms with Crippen LogP contribution in [0.15, 0.2) is 66.7 Å². The topological polar surface area (TPSA) is 185 Å². The number of benzene rings is 4. The number of nitrogens with one attached hydrogen (secondary N) is 4. The van der Waals surface area contributed by atoms with Crippen LogP contribution in [-0.4, -0.2) is 96.9 Å². The van der Waals surface area contributed by atoms with Crippen LogP contribution in [0.4, 0.5) is 25.1 Å². The van der Waals surface area contributed by atoms with Crippen LogP contribution in [0.1, 0.15) is 85.7 Å². The van der Waals surface area contributed by atoms with E-state index in [2.05, 4.69) is 31.3 Å². The Hall–Kier alpha value is -6.30. The lowest BCUT2D eigenvalue weighted by Gasteiger charge is -2.37. The molecule has 15 nitrogen and oxygen atoms in total. The molecule has 2 saturated heterocycles. The smallest absolute Gasteiger partial charge is 0.329 e. The lowest BCUT2D eigenvalue weighted by atomic mass is 9.77. The van der Waals surface area contributed by atoms with Gasteiger partial charge in [-0.1, -0.05) is 54.9 Å². The number of primary amides is 1. The first kappa shape index (κ1) is 47.8. The second kappa shape index (κ2) is 20.0. The van der Waals surface area contributed by atoms with Crippen LogP contribution in [0.3, 0.4) is 0 Å². The van der Waals surface area contributed by atoms with Gasteiger partial charge in [0, 0.05) is 98.3 Å². The van der Waals surface area contributed by atoms with Gasteiger partial charge in [0.2, 0.25) is 17.7 Å². The maximum absolute atomic E-state index is 16.2. The Morgan fingerprint density at radius 2 is 1.72 bits per heavy atom. The van der Waals surface area contributed by atoms with E-state index in [9.17, 15) is 19.2 Å². The second-order valence-corrected chi connectivity index (χ2v) is 19.0. The molecule has 0 spiro atoms. The number of hydrogen-bond acceptors (Lipinski definition) is 10. The van der Waals surface area contributed by atoms with E-state index in [1.165, 1.54) is 30.2 Å². The third-order valence-corrected chi connectivity index (χ3v) is 14.9. The zero-order valence-corrected chi connectivity index (χ0v) is 39.8. The van der Waals surface area contributed by atoms with Gasteiger partial charge in [-0.3, -0.25) is 29.3 Å². The first-order valence-corrected chi connectivity index (χ1v) is 24.2. The van der Waals surface area contributed by atoms with Gasteiger partial charge in [0.1, 0.15) is 11.6 Å². The third-order valence-electron chi connectivity index (χ3n) is 14.6. The summed E-state index contributed by atoms with van der Waals surface area (Å²) in [7, 11) is 3.16. The van der Waals surface area contributed by atoms with E-state index in [0.717, 1.165) is 86.7 Å². The molecule has 5 aromatic rings. The Bertz CT molecular complexity index is 2780. The monoisotopic (exact) mass is 965 g/mol. The number of anilines is 2. The van der Waals surface area contributed by atoms with Crippen molar-refractivity contribution < 1.29 is 37.4 Å². The summed E-state index contributed by atoms with van der Waals surface area (Å²) < 4.78 is 45.7. The summed E-state index contributed by atoms with van der Waals surface area (Å²) in [5, 5.41) is 18.2. The molecule has 1 saturated carbocycles. The number of hydrogen-bond donors (Lipinski definition) is 5. The normalized spacial score (nSPS) is 22.0. The quantitative estimate of drug-likeness (QED) is 0.0665. The number of aromatic nitrogens is 2. The van der Waals surface area contributed by atoms with Crippen molar-refractivity contribution >= 4 is 57.8 Å². The zero-order valence-electron chi connectivity index (χ0n) is 39.0. The van der Waals surface area contributed by atoms with Crippen LogP contribution in [0.2, 0.25) is 5.02 Å². The molecule has 9 rings (SSSR count). The van der Waals surface area contributed by atoms with E-state index in [1.807, 2.05) is 62.5 Å². The number of halogens is 3. The maximum Gasteiger partial charge on any atom is 0.329 e. The van der Waals surface area contributed by atoms with Gasteiger partial charge in [-0.2, -0.15) is 5.10 Å². The van der Waals surface area contributed by atoms with Crippen molar-refractivity contribution in [3.8, 4) is 22.6 Å². The van der Waals surface area contributed by atoms with E-state index in [4.69, 9.17) is 26.8 Å². The molecule has 0 radical (unpaired) electrons. The summed E-state index contributed by atoms with van der Waals surface area (Å²) >= 11 is 6.68. The number of likely N-dealkylation sites (tertiary alicyclic amines) is 1. The van der Waals surface area contributed by atoms with Crippen LogP contribution >= 0.6 is 11.6 Å². The number of amides is 5. The number of nitrogens with zero attached hydrogens (tertiary/aromatic N) is 4. The Labute approximate surface area is 404 Å². The van der Waals surface area contributed by atoms with Crippen molar-refractivity contribution in [1.29, 1.82) is 0 Å². The number of methoxy groups -OCH3 is 1. The lowest BCUT2D eigenvalue weighted by molar-refractivity contribution is -0.126. The van der Waals surface area contributed by atoms with E-state index in [-0.39, 0.29) is 76.0 Å². The van der Waals surface area contributed by atoms with Crippen molar-refractivity contribution in [2.45, 2.75) is 81.9 Å². The standard InChI is InChI=1S/C51H58ClF2N9O6/c1-29-41-39(27-36(53)44(52)43(41)42-34(47(55)65)17-18-38(68-3)45(42)54)69-51(29,31-9-5-4-6-10-31)28-57-32-15-13-30(14-16-32)49(66)56-22-8-23-62-24-19-33(20-25-62)58-37-12-7-11-35-46(37)61(2)60-48(35)63-26-21-40(64)59-50(63)67/h4-7,9-12,17-18,27,29-30,32-33,57-58H,8,13-16,19-26,28H2,1-3H3,(H2,55,65)(H,56,66)(H,59,64,67). The van der Waals surface area contributed by atoms with Crippen molar-refractivity contribution in [3.63, 3.8) is 0 Å². The number of para-hydroxylation sites is 1. The van der Waals surface area contributed by atoms with Gasteiger partial charge in [-0.15, -0.1) is 0 Å². The number of urea groups is 1. The molecular weight excluding hydrogens is 908 g/mol.